The van der Waals surface area contributed by atoms with Gasteiger partial charge in [0.25, 0.3) is 0 Å². The van der Waals surface area contributed by atoms with Gasteiger partial charge in [-0.1, -0.05) is 11.6 Å². The number of aromatic nitrogens is 2. The van der Waals surface area contributed by atoms with Crippen LogP contribution in [0.25, 0.3) is 11.5 Å². The summed E-state index contributed by atoms with van der Waals surface area (Å²) in [5, 5.41) is 7.39. The first-order chi connectivity index (χ1) is 6.27. The lowest BCUT2D eigenvalue weighted by Crippen LogP contribution is -1.90. The molecule has 0 spiro atoms. The largest absolute Gasteiger partial charge is 0.423 e. The lowest BCUT2D eigenvalue weighted by molar-refractivity contribution is 0.569. The Kier molecular flexibility index (Phi) is 1.73. The molecule has 0 aliphatic heterocycles. The fourth-order valence-electron chi connectivity index (χ4n) is 1.15. The summed E-state index contributed by atoms with van der Waals surface area (Å²) < 4.78 is 5.05. The molecule has 0 fully saturated rings. The average Bonchev–Trinajstić information content (AvgIpc) is 2.61. The van der Waals surface area contributed by atoms with Crippen LogP contribution in [0.2, 0.25) is 0 Å². The van der Waals surface area contributed by atoms with E-state index in [0.717, 1.165) is 11.1 Å². The van der Waals surface area contributed by atoms with Gasteiger partial charge in [-0.25, -0.2) is 0 Å². The van der Waals surface area contributed by atoms with Crippen molar-refractivity contribution in [2.24, 2.45) is 0 Å². The Morgan fingerprint density at radius 1 is 1.38 bits per heavy atom. The number of rotatable bonds is 1. The molecule has 0 amide bonds. The van der Waals surface area contributed by atoms with E-state index < -0.39 is 0 Å². The monoisotopic (exact) mass is 175 g/mol. The maximum Gasteiger partial charge on any atom is 0.249 e. The van der Waals surface area contributed by atoms with Gasteiger partial charge in [0.1, 0.15) is 0 Å². The summed E-state index contributed by atoms with van der Waals surface area (Å²) in [6, 6.07) is 5.69. The number of aryl methyl sites for hydroxylation is 1. The van der Waals surface area contributed by atoms with Crippen molar-refractivity contribution < 1.29 is 4.42 Å². The van der Waals surface area contributed by atoms with E-state index in [9.17, 15) is 0 Å². The molecule has 2 rings (SSSR count). The van der Waals surface area contributed by atoms with E-state index in [1.165, 1.54) is 6.39 Å². The molecule has 13 heavy (non-hydrogen) atoms. The third-order valence-corrected chi connectivity index (χ3v) is 1.80. The van der Waals surface area contributed by atoms with Gasteiger partial charge in [0, 0.05) is 5.69 Å². The highest BCUT2D eigenvalue weighted by Crippen LogP contribution is 2.24. The topological polar surface area (TPSA) is 64.9 Å². The van der Waals surface area contributed by atoms with Crippen molar-refractivity contribution in [3.8, 4) is 11.5 Å². The van der Waals surface area contributed by atoms with Crippen LogP contribution >= 0.6 is 0 Å². The standard InChI is InChI=1S/C9H9N3O/c1-6-2-3-8(10)7(4-6)9-12-11-5-13-9/h2-5H,10H2,1H3. The summed E-state index contributed by atoms with van der Waals surface area (Å²) in [4.78, 5) is 0. The Bertz CT molecular complexity index is 409. The van der Waals surface area contributed by atoms with Crippen LogP contribution in [-0.4, -0.2) is 10.2 Å². The highest BCUT2D eigenvalue weighted by molar-refractivity contribution is 5.70. The minimum atomic E-state index is 0.459. The van der Waals surface area contributed by atoms with Crippen LogP contribution in [0.3, 0.4) is 0 Å². The SMILES string of the molecule is Cc1ccc(N)c(-c2nnco2)c1. The first kappa shape index (κ1) is 7.79. The van der Waals surface area contributed by atoms with Gasteiger partial charge in [0.05, 0.1) is 5.56 Å². The molecule has 1 aromatic heterocycles. The van der Waals surface area contributed by atoms with Crippen LogP contribution in [0, 0.1) is 6.92 Å². The number of nitrogens with two attached hydrogens (primary N) is 1. The Morgan fingerprint density at radius 2 is 2.23 bits per heavy atom. The van der Waals surface area contributed by atoms with Gasteiger partial charge in [-0.05, 0) is 19.1 Å². The van der Waals surface area contributed by atoms with Crippen LogP contribution < -0.4 is 5.73 Å². The second-order valence-corrected chi connectivity index (χ2v) is 2.83. The van der Waals surface area contributed by atoms with Crippen molar-refractivity contribution in [3.63, 3.8) is 0 Å². The highest BCUT2D eigenvalue weighted by atomic mass is 16.4. The Labute approximate surface area is 75.4 Å². The van der Waals surface area contributed by atoms with Crippen LogP contribution in [-0.2, 0) is 0 Å². The molecule has 0 saturated carbocycles. The summed E-state index contributed by atoms with van der Waals surface area (Å²) >= 11 is 0. The molecule has 0 aliphatic carbocycles. The van der Waals surface area contributed by atoms with Crippen molar-refractivity contribution in [2.75, 3.05) is 5.73 Å². The van der Waals surface area contributed by atoms with E-state index in [1.54, 1.807) is 0 Å². The van der Waals surface area contributed by atoms with E-state index in [0.29, 0.717) is 11.6 Å². The van der Waals surface area contributed by atoms with Gasteiger partial charge in [0.2, 0.25) is 12.3 Å². The van der Waals surface area contributed by atoms with E-state index in [2.05, 4.69) is 10.2 Å². The quantitative estimate of drug-likeness (QED) is 0.669. The van der Waals surface area contributed by atoms with Crippen molar-refractivity contribution in [2.45, 2.75) is 6.92 Å². The smallest absolute Gasteiger partial charge is 0.249 e. The molecular weight excluding hydrogens is 166 g/mol. The molecule has 2 N–H and O–H groups in total. The van der Waals surface area contributed by atoms with Gasteiger partial charge in [-0.2, -0.15) is 0 Å². The van der Waals surface area contributed by atoms with Crippen molar-refractivity contribution in [1.29, 1.82) is 0 Å². The lowest BCUT2D eigenvalue weighted by atomic mass is 10.1. The van der Waals surface area contributed by atoms with Crippen LogP contribution in [0.1, 0.15) is 5.56 Å². The maximum atomic E-state index is 5.75. The number of nitrogen functional groups attached to an aromatic ring is 1. The maximum absolute atomic E-state index is 5.75. The highest BCUT2D eigenvalue weighted by Gasteiger charge is 2.06. The molecule has 1 aromatic carbocycles. The van der Waals surface area contributed by atoms with Gasteiger partial charge < -0.3 is 10.2 Å². The summed E-state index contributed by atoms with van der Waals surface area (Å²) in [5.41, 5.74) is 8.30. The third-order valence-electron chi connectivity index (χ3n) is 1.80. The Balaban J connectivity index is 2.57. The number of benzene rings is 1. The van der Waals surface area contributed by atoms with Gasteiger partial charge in [-0.3, -0.25) is 0 Å². The molecule has 0 atom stereocenters. The van der Waals surface area contributed by atoms with E-state index >= 15 is 0 Å². The minimum Gasteiger partial charge on any atom is -0.423 e. The normalized spacial score (nSPS) is 10.2. The molecule has 1 heterocycles. The number of hydrogen-bond acceptors (Lipinski definition) is 4. The van der Waals surface area contributed by atoms with Crippen LogP contribution in [0.5, 0.6) is 0 Å². The predicted octanol–water partition coefficient (Wildman–Crippen LogP) is 1.63. The first-order valence-electron chi connectivity index (χ1n) is 3.90. The van der Waals surface area contributed by atoms with Crippen molar-refractivity contribution in [3.05, 3.63) is 30.2 Å². The van der Waals surface area contributed by atoms with E-state index in [4.69, 9.17) is 10.2 Å². The summed E-state index contributed by atoms with van der Waals surface area (Å²) in [6.07, 6.45) is 1.29. The van der Waals surface area contributed by atoms with Gasteiger partial charge >= 0.3 is 0 Å². The summed E-state index contributed by atoms with van der Waals surface area (Å²) in [5.74, 6) is 0.459. The third kappa shape index (κ3) is 1.38. The molecule has 0 aliphatic rings. The van der Waals surface area contributed by atoms with Crippen molar-refractivity contribution >= 4 is 5.69 Å². The van der Waals surface area contributed by atoms with E-state index in [1.807, 2.05) is 25.1 Å². The fraction of sp³-hybridized carbons (Fsp3) is 0.111. The molecular formula is C9H9N3O. The molecule has 0 bridgehead atoms. The number of hydrogen-bond donors (Lipinski definition) is 1. The zero-order chi connectivity index (χ0) is 9.26. The zero-order valence-corrected chi connectivity index (χ0v) is 7.19. The van der Waals surface area contributed by atoms with Crippen LogP contribution in [0.15, 0.2) is 29.0 Å². The van der Waals surface area contributed by atoms with Crippen molar-refractivity contribution in [1.82, 2.24) is 10.2 Å². The average molecular weight is 175 g/mol. The first-order valence-corrected chi connectivity index (χ1v) is 3.90. The summed E-state index contributed by atoms with van der Waals surface area (Å²) in [6.45, 7) is 1.99. The predicted molar refractivity (Wildman–Crippen MR) is 48.9 cm³/mol. The molecule has 4 heteroatoms. The minimum absolute atomic E-state index is 0.459. The fourth-order valence-corrected chi connectivity index (χ4v) is 1.15. The van der Waals surface area contributed by atoms with E-state index in [-0.39, 0.29) is 0 Å². The molecule has 4 nitrogen and oxygen atoms in total. The Hall–Kier alpha value is -1.84. The summed E-state index contributed by atoms with van der Waals surface area (Å²) in [7, 11) is 0. The zero-order valence-electron chi connectivity index (χ0n) is 7.19. The van der Waals surface area contributed by atoms with Gasteiger partial charge in [0.15, 0.2) is 0 Å². The molecule has 2 aromatic rings. The molecule has 0 unspecified atom stereocenters. The lowest BCUT2D eigenvalue weighted by Gasteiger charge is -2.01. The van der Waals surface area contributed by atoms with Crippen LogP contribution in [0.4, 0.5) is 5.69 Å². The van der Waals surface area contributed by atoms with Gasteiger partial charge in [-0.15, -0.1) is 10.2 Å². The molecule has 66 valence electrons. The number of anilines is 1. The molecule has 0 radical (unpaired) electrons. The number of nitrogens with zero attached hydrogens (tertiary/aromatic N) is 2. The Morgan fingerprint density at radius 3 is 2.92 bits per heavy atom. The molecule has 0 saturated heterocycles. The second kappa shape index (κ2) is 2.90. The second-order valence-electron chi connectivity index (χ2n) is 2.83.